The highest BCUT2D eigenvalue weighted by Crippen LogP contribution is 2.20. The molecular weight excluding hydrogens is 200 g/mol. The van der Waals surface area contributed by atoms with E-state index in [0.717, 1.165) is 12.8 Å². The van der Waals surface area contributed by atoms with E-state index in [1.807, 2.05) is 0 Å². The average molecular weight is 220 g/mol. The summed E-state index contributed by atoms with van der Waals surface area (Å²) in [6.07, 6.45) is 1.99. The van der Waals surface area contributed by atoms with E-state index in [-0.39, 0.29) is 5.25 Å². The Kier molecular flexibility index (Phi) is 3.92. The highest BCUT2D eigenvalue weighted by atomic mass is 32.2. The van der Waals surface area contributed by atoms with E-state index in [4.69, 9.17) is 5.73 Å². The van der Waals surface area contributed by atoms with Gasteiger partial charge < -0.3 is 5.73 Å². The summed E-state index contributed by atoms with van der Waals surface area (Å²) in [7, 11) is -3.07. The molecule has 0 aromatic carbocycles. The van der Waals surface area contributed by atoms with Gasteiger partial charge in [0.1, 0.15) is 0 Å². The predicted octanol–water partition coefficient (Wildman–Crippen LogP) is 0.395. The van der Waals surface area contributed by atoms with Crippen molar-refractivity contribution in [2.24, 2.45) is 11.7 Å². The Hall–Kier alpha value is -0.130. The lowest BCUT2D eigenvalue weighted by Crippen LogP contribution is -2.44. The SMILES string of the molecule is CC(C)S(=O)(=O)N1CCCC(CN)C1. The molecule has 0 aromatic heterocycles. The number of sulfonamides is 1. The van der Waals surface area contributed by atoms with Gasteiger partial charge in [-0.3, -0.25) is 0 Å². The molecule has 5 heteroatoms. The van der Waals surface area contributed by atoms with Gasteiger partial charge in [-0.05, 0) is 39.2 Å². The number of nitrogens with two attached hydrogens (primary N) is 1. The van der Waals surface area contributed by atoms with E-state index in [2.05, 4.69) is 0 Å². The Morgan fingerprint density at radius 1 is 1.50 bits per heavy atom. The molecular formula is C9H20N2O2S. The van der Waals surface area contributed by atoms with Crippen molar-refractivity contribution in [2.75, 3.05) is 19.6 Å². The molecule has 1 aliphatic heterocycles. The highest BCUT2D eigenvalue weighted by Gasteiger charge is 2.30. The van der Waals surface area contributed by atoms with Crippen molar-refractivity contribution < 1.29 is 8.42 Å². The van der Waals surface area contributed by atoms with Crippen LogP contribution in [-0.4, -0.2) is 37.6 Å². The molecule has 0 aliphatic carbocycles. The smallest absolute Gasteiger partial charge is 0.216 e. The summed E-state index contributed by atoms with van der Waals surface area (Å²) in [4.78, 5) is 0. The lowest BCUT2D eigenvalue weighted by atomic mass is 10.0. The van der Waals surface area contributed by atoms with E-state index in [9.17, 15) is 8.42 Å². The number of hydrogen-bond donors (Lipinski definition) is 1. The Balaban J connectivity index is 2.69. The van der Waals surface area contributed by atoms with Gasteiger partial charge in [-0.15, -0.1) is 0 Å². The zero-order chi connectivity index (χ0) is 10.8. The largest absolute Gasteiger partial charge is 0.330 e. The zero-order valence-corrected chi connectivity index (χ0v) is 9.76. The summed E-state index contributed by atoms with van der Waals surface area (Å²) in [5, 5.41) is -0.320. The molecule has 1 unspecified atom stereocenters. The number of rotatable bonds is 3. The van der Waals surface area contributed by atoms with Gasteiger partial charge in [-0.1, -0.05) is 0 Å². The van der Waals surface area contributed by atoms with E-state index < -0.39 is 10.0 Å². The van der Waals surface area contributed by atoms with Gasteiger partial charge in [0.2, 0.25) is 10.0 Å². The molecule has 4 nitrogen and oxygen atoms in total. The topological polar surface area (TPSA) is 63.4 Å². The quantitative estimate of drug-likeness (QED) is 0.748. The van der Waals surface area contributed by atoms with Crippen molar-refractivity contribution in [1.29, 1.82) is 0 Å². The maximum Gasteiger partial charge on any atom is 0.216 e. The number of nitrogens with zero attached hydrogens (tertiary/aromatic N) is 1. The first-order valence-electron chi connectivity index (χ1n) is 5.17. The minimum Gasteiger partial charge on any atom is -0.330 e. The monoisotopic (exact) mass is 220 g/mol. The molecule has 0 spiro atoms. The second-order valence-corrected chi connectivity index (χ2v) is 6.68. The van der Waals surface area contributed by atoms with Crippen LogP contribution >= 0.6 is 0 Å². The molecule has 1 heterocycles. The Labute approximate surface area is 86.5 Å². The molecule has 84 valence electrons. The molecule has 1 saturated heterocycles. The summed E-state index contributed by atoms with van der Waals surface area (Å²) < 4.78 is 25.3. The molecule has 0 bridgehead atoms. The minimum absolute atomic E-state index is 0.320. The molecule has 0 saturated carbocycles. The predicted molar refractivity (Wildman–Crippen MR) is 57.4 cm³/mol. The van der Waals surface area contributed by atoms with Crippen LogP contribution in [0.25, 0.3) is 0 Å². The average Bonchev–Trinajstić information content (AvgIpc) is 2.17. The van der Waals surface area contributed by atoms with Crippen LogP contribution < -0.4 is 5.73 Å². The van der Waals surface area contributed by atoms with E-state index in [0.29, 0.717) is 25.6 Å². The maximum absolute atomic E-state index is 11.8. The third-order valence-corrected chi connectivity index (χ3v) is 5.01. The third kappa shape index (κ3) is 2.46. The van der Waals surface area contributed by atoms with Gasteiger partial charge in [0, 0.05) is 13.1 Å². The molecule has 1 aliphatic rings. The molecule has 1 fully saturated rings. The van der Waals surface area contributed by atoms with Crippen LogP contribution in [0.1, 0.15) is 26.7 Å². The van der Waals surface area contributed by atoms with Crippen LogP contribution in [0.3, 0.4) is 0 Å². The summed E-state index contributed by atoms with van der Waals surface area (Å²) >= 11 is 0. The molecule has 2 N–H and O–H groups in total. The van der Waals surface area contributed by atoms with Crippen molar-refractivity contribution in [3.63, 3.8) is 0 Å². The van der Waals surface area contributed by atoms with Gasteiger partial charge in [-0.25, -0.2) is 12.7 Å². The van der Waals surface area contributed by atoms with Gasteiger partial charge in [0.15, 0.2) is 0 Å². The van der Waals surface area contributed by atoms with Crippen molar-refractivity contribution in [1.82, 2.24) is 4.31 Å². The first-order valence-corrected chi connectivity index (χ1v) is 6.67. The first kappa shape index (κ1) is 11.9. The molecule has 0 radical (unpaired) electrons. The molecule has 0 aromatic rings. The maximum atomic E-state index is 11.8. The van der Waals surface area contributed by atoms with Gasteiger partial charge in [0.25, 0.3) is 0 Å². The first-order chi connectivity index (χ1) is 6.48. The van der Waals surface area contributed by atoms with Gasteiger partial charge >= 0.3 is 0 Å². The normalized spacial score (nSPS) is 25.6. The van der Waals surface area contributed by atoms with Crippen LogP contribution in [0.4, 0.5) is 0 Å². The standard InChI is InChI=1S/C9H20N2O2S/c1-8(2)14(12,13)11-5-3-4-9(6-10)7-11/h8-9H,3-7,10H2,1-2H3. The van der Waals surface area contributed by atoms with Crippen molar-refractivity contribution in [3.8, 4) is 0 Å². The van der Waals surface area contributed by atoms with Gasteiger partial charge in [0.05, 0.1) is 5.25 Å². The van der Waals surface area contributed by atoms with Crippen molar-refractivity contribution in [3.05, 3.63) is 0 Å². The number of piperidine rings is 1. The van der Waals surface area contributed by atoms with Crippen LogP contribution in [0.5, 0.6) is 0 Å². The summed E-state index contributed by atoms with van der Waals surface area (Å²) in [5.41, 5.74) is 5.56. The lowest BCUT2D eigenvalue weighted by Gasteiger charge is -2.32. The summed E-state index contributed by atoms with van der Waals surface area (Å²) in [6.45, 7) is 5.31. The number of hydrogen-bond acceptors (Lipinski definition) is 3. The highest BCUT2D eigenvalue weighted by molar-refractivity contribution is 7.89. The lowest BCUT2D eigenvalue weighted by molar-refractivity contribution is 0.270. The van der Waals surface area contributed by atoms with E-state index in [1.165, 1.54) is 0 Å². The fraction of sp³-hybridized carbons (Fsp3) is 1.00. The zero-order valence-electron chi connectivity index (χ0n) is 8.94. The molecule has 0 amide bonds. The second-order valence-electron chi connectivity index (χ2n) is 4.20. The Morgan fingerprint density at radius 2 is 2.14 bits per heavy atom. The van der Waals surface area contributed by atoms with Crippen molar-refractivity contribution in [2.45, 2.75) is 31.9 Å². The van der Waals surface area contributed by atoms with E-state index >= 15 is 0 Å². The minimum atomic E-state index is -3.07. The fourth-order valence-electron chi connectivity index (χ4n) is 1.75. The summed E-state index contributed by atoms with van der Waals surface area (Å²) in [5.74, 6) is 0.345. The fourth-order valence-corrected chi connectivity index (χ4v) is 3.15. The van der Waals surface area contributed by atoms with Crippen LogP contribution in [0.2, 0.25) is 0 Å². The van der Waals surface area contributed by atoms with E-state index in [1.54, 1.807) is 18.2 Å². The second kappa shape index (κ2) is 4.59. The van der Waals surface area contributed by atoms with Crippen LogP contribution in [0, 0.1) is 5.92 Å². The van der Waals surface area contributed by atoms with Crippen LogP contribution in [-0.2, 0) is 10.0 Å². The van der Waals surface area contributed by atoms with Crippen LogP contribution in [0.15, 0.2) is 0 Å². The summed E-state index contributed by atoms with van der Waals surface area (Å²) in [6, 6.07) is 0. The third-order valence-electron chi connectivity index (χ3n) is 2.77. The molecule has 1 rings (SSSR count). The molecule has 14 heavy (non-hydrogen) atoms. The Bertz CT molecular complexity index is 275. The van der Waals surface area contributed by atoms with Crippen molar-refractivity contribution >= 4 is 10.0 Å². The molecule has 1 atom stereocenters. The Morgan fingerprint density at radius 3 is 2.64 bits per heavy atom. The van der Waals surface area contributed by atoms with Gasteiger partial charge in [-0.2, -0.15) is 0 Å².